The molecule has 1 aliphatic rings. The molecule has 1 aromatic rings. The summed E-state index contributed by atoms with van der Waals surface area (Å²) in [6.07, 6.45) is 0. The fraction of sp³-hybridized carbons (Fsp3) is 0.364. The number of phenols is 1. The number of halogens is 1. The van der Waals surface area contributed by atoms with Crippen molar-refractivity contribution in [2.75, 3.05) is 19.6 Å². The van der Waals surface area contributed by atoms with Gasteiger partial charge in [-0.2, -0.15) is 0 Å². The Labute approximate surface area is 97.3 Å². The predicted octanol–water partition coefficient (Wildman–Crippen LogP) is 0.463. The highest BCUT2D eigenvalue weighted by molar-refractivity contribution is 5.88. The smallest absolute Gasteiger partial charge is 0.335 e. The van der Waals surface area contributed by atoms with Gasteiger partial charge in [0.05, 0.1) is 5.56 Å². The Hall–Kier alpha value is -1.66. The van der Waals surface area contributed by atoms with Gasteiger partial charge in [-0.1, -0.05) is 0 Å². The van der Waals surface area contributed by atoms with Crippen LogP contribution in [0.4, 0.5) is 4.39 Å². The van der Waals surface area contributed by atoms with Gasteiger partial charge in [-0.15, -0.1) is 0 Å². The van der Waals surface area contributed by atoms with Crippen molar-refractivity contribution in [2.45, 2.75) is 6.04 Å². The van der Waals surface area contributed by atoms with Gasteiger partial charge in [0, 0.05) is 31.2 Å². The first kappa shape index (κ1) is 11.8. The molecule has 17 heavy (non-hydrogen) atoms. The molecule has 1 saturated heterocycles. The van der Waals surface area contributed by atoms with Crippen molar-refractivity contribution in [3.8, 4) is 5.75 Å². The molecule has 1 atom stereocenters. The molecule has 1 aliphatic heterocycles. The summed E-state index contributed by atoms with van der Waals surface area (Å²) in [6.45, 7) is 2.00. The number of phenolic OH excluding ortho intramolecular Hbond substituents is 1. The number of nitrogens with one attached hydrogen (secondary N) is 2. The van der Waals surface area contributed by atoms with E-state index in [0.717, 1.165) is 12.6 Å². The zero-order valence-corrected chi connectivity index (χ0v) is 9.03. The number of carboxylic acids is 1. The lowest BCUT2D eigenvalue weighted by Gasteiger charge is -2.25. The number of piperazine rings is 1. The van der Waals surface area contributed by atoms with Gasteiger partial charge in [-0.05, 0) is 12.1 Å². The monoisotopic (exact) mass is 240 g/mol. The van der Waals surface area contributed by atoms with E-state index in [2.05, 4.69) is 10.6 Å². The number of rotatable bonds is 2. The lowest BCUT2D eigenvalue weighted by atomic mass is 10.0. The third-order valence-corrected chi connectivity index (χ3v) is 2.76. The Bertz CT molecular complexity index is 445. The van der Waals surface area contributed by atoms with Crippen LogP contribution in [0.1, 0.15) is 22.0 Å². The quantitative estimate of drug-likeness (QED) is 0.604. The minimum Gasteiger partial charge on any atom is -0.505 e. The van der Waals surface area contributed by atoms with E-state index in [1.807, 2.05) is 0 Å². The Morgan fingerprint density at radius 3 is 2.76 bits per heavy atom. The second-order valence-corrected chi connectivity index (χ2v) is 3.91. The molecule has 0 unspecified atom stereocenters. The van der Waals surface area contributed by atoms with Crippen molar-refractivity contribution < 1.29 is 19.4 Å². The van der Waals surface area contributed by atoms with E-state index in [-0.39, 0.29) is 17.2 Å². The molecular weight excluding hydrogens is 227 g/mol. The molecule has 1 heterocycles. The molecule has 0 bridgehead atoms. The molecule has 2 rings (SSSR count). The molecule has 0 aliphatic carbocycles. The van der Waals surface area contributed by atoms with Crippen molar-refractivity contribution in [1.29, 1.82) is 0 Å². The zero-order valence-electron chi connectivity index (χ0n) is 9.03. The van der Waals surface area contributed by atoms with Crippen LogP contribution in [-0.4, -0.2) is 35.8 Å². The summed E-state index contributed by atoms with van der Waals surface area (Å²) in [4.78, 5) is 10.8. The molecular formula is C11H13FN2O3. The van der Waals surface area contributed by atoms with Crippen LogP contribution in [0.5, 0.6) is 5.75 Å². The van der Waals surface area contributed by atoms with E-state index in [1.54, 1.807) is 0 Å². The minimum atomic E-state index is -1.21. The molecule has 92 valence electrons. The van der Waals surface area contributed by atoms with Gasteiger partial charge in [-0.25, -0.2) is 9.18 Å². The number of benzene rings is 1. The van der Waals surface area contributed by atoms with Crippen LogP contribution in [0.15, 0.2) is 12.1 Å². The van der Waals surface area contributed by atoms with Gasteiger partial charge >= 0.3 is 5.97 Å². The lowest BCUT2D eigenvalue weighted by molar-refractivity contribution is 0.0696. The normalized spacial score (nSPS) is 20.2. The summed E-state index contributed by atoms with van der Waals surface area (Å²) in [5, 5.41) is 24.6. The zero-order chi connectivity index (χ0) is 12.4. The van der Waals surface area contributed by atoms with Crippen LogP contribution in [0.25, 0.3) is 0 Å². The minimum absolute atomic E-state index is 0.164. The van der Waals surface area contributed by atoms with Gasteiger partial charge < -0.3 is 20.8 Å². The van der Waals surface area contributed by atoms with Crippen molar-refractivity contribution >= 4 is 5.97 Å². The third-order valence-electron chi connectivity index (χ3n) is 2.76. The molecule has 0 radical (unpaired) electrons. The van der Waals surface area contributed by atoms with E-state index in [0.29, 0.717) is 13.1 Å². The van der Waals surface area contributed by atoms with Crippen LogP contribution >= 0.6 is 0 Å². The molecule has 0 spiro atoms. The Kier molecular flexibility index (Phi) is 3.26. The maximum Gasteiger partial charge on any atom is 0.335 e. The van der Waals surface area contributed by atoms with E-state index in [4.69, 9.17) is 5.11 Å². The molecule has 0 amide bonds. The number of carbonyl (C=O) groups is 1. The first-order valence-electron chi connectivity index (χ1n) is 5.29. The topological polar surface area (TPSA) is 81.6 Å². The van der Waals surface area contributed by atoms with E-state index < -0.39 is 17.5 Å². The summed E-state index contributed by atoms with van der Waals surface area (Å²) in [5.41, 5.74) is 0.109. The van der Waals surface area contributed by atoms with Crippen molar-refractivity contribution in [3.05, 3.63) is 29.1 Å². The molecule has 1 aromatic carbocycles. The Morgan fingerprint density at radius 1 is 1.41 bits per heavy atom. The predicted molar refractivity (Wildman–Crippen MR) is 58.6 cm³/mol. The molecule has 1 fully saturated rings. The van der Waals surface area contributed by atoms with Gasteiger partial charge in [0.15, 0.2) is 11.6 Å². The second-order valence-electron chi connectivity index (χ2n) is 3.91. The summed E-state index contributed by atoms with van der Waals surface area (Å²) < 4.78 is 13.4. The van der Waals surface area contributed by atoms with E-state index >= 15 is 0 Å². The number of hydrogen-bond donors (Lipinski definition) is 4. The Balaban J connectivity index is 2.40. The van der Waals surface area contributed by atoms with Gasteiger partial charge in [0.1, 0.15) is 0 Å². The first-order valence-corrected chi connectivity index (χ1v) is 5.29. The van der Waals surface area contributed by atoms with Crippen molar-refractivity contribution in [3.63, 3.8) is 0 Å². The number of aromatic carboxylic acids is 1. The fourth-order valence-electron chi connectivity index (χ4n) is 1.88. The molecule has 6 heteroatoms. The molecule has 0 aromatic heterocycles. The molecule has 5 nitrogen and oxygen atoms in total. The number of hydrogen-bond acceptors (Lipinski definition) is 4. The van der Waals surface area contributed by atoms with Gasteiger partial charge in [0.2, 0.25) is 0 Å². The van der Waals surface area contributed by atoms with Crippen molar-refractivity contribution in [1.82, 2.24) is 10.6 Å². The SMILES string of the molecule is O=C(O)c1cc(F)c(O)c([C@@H]2CNCCN2)c1. The van der Waals surface area contributed by atoms with Crippen molar-refractivity contribution in [2.24, 2.45) is 0 Å². The number of carboxylic acid groups (broad SMARTS) is 1. The van der Waals surface area contributed by atoms with Gasteiger partial charge in [0.25, 0.3) is 0 Å². The highest BCUT2D eigenvalue weighted by Gasteiger charge is 2.22. The maximum absolute atomic E-state index is 13.4. The van der Waals surface area contributed by atoms with Crippen LogP contribution < -0.4 is 10.6 Å². The summed E-state index contributed by atoms with van der Waals surface area (Å²) >= 11 is 0. The Morgan fingerprint density at radius 2 is 2.18 bits per heavy atom. The standard InChI is InChI=1S/C11H13FN2O3/c12-8-4-6(11(16)17)3-7(10(8)15)9-5-13-1-2-14-9/h3-4,9,13-15H,1-2,5H2,(H,16,17)/t9-/m0/s1. The lowest BCUT2D eigenvalue weighted by Crippen LogP contribution is -2.42. The van der Waals surface area contributed by atoms with Gasteiger partial charge in [-0.3, -0.25) is 0 Å². The van der Waals surface area contributed by atoms with Crippen LogP contribution in [0.3, 0.4) is 0 Å². The third kappa shape index (κ3) is 2.37. The highest BCUT2D eigenvalue weighted by atomic mass is 19.1. The summed E-state index contributed by atoms with van der Waals surface area (Å²) in [7, 11) is 0. The van der Waals surface area contributed by atoms with E-state index in [9.17, 15) is 14.3 Å². The first-order chi connectivity index (χ1) is 8.09. The maximum atomic E-state index is 13.4. The average Bonchev–Trinajstić information content (AvgIpc) is 2.33. The number of aromatic hydroxyl groups is 1. The van der Waals surface area contributed by atoms with Crippen LogP contribution in [-0.2, 0) is 0 Å². The largest absolute Gasteiger partial charge is 0.505 e. The summed E-state index contributed by atoms with van der Waals surface area (Å²) in [5.74, 6) is -2.61. The molecule has 4 N–H and O–H groups in total. The second kappa shape index (κ2) is 4.68. The molecule has 0 saturated carbocycles. The summed E-state index contributed by atoms with van der Waals surface area (Å²) in [6, 6.07) is 1.83. The van der Waals surface area contributed by atoms with Crippen LogP contribution in [0, 0.1) is 5.82 Å². The average molecular weight is 240 g/mol. The highest BCUT2D eigenvalue weighted by Crippen LogP contribution is 2.29. The van der Waals surface area contributed by atoms with Crippen LogP contribution in [0.2, 0.25) is 0 Å². The van der Waals surface area contributed by atoms with E-state index in [1.165, 1.54) is 6.07 Å². The fourth-order valence-corrected chi connectivity index (χ4v) is 1.88.